The van der Waals surface area contributed by atoms with Gasteiger partial charge in [-0.25, -0.2) is 0 Å². The van der Waals surface area contributed by atoms with Crippen molar-refractivity contribution < 1.29 is 18.8 Å². The molecule has 0 spiro atoms. The Balaban J connectivity index is 1.30. The van der Waals surface area contributed by atoms with E-state index in [1.807, 2.05) is 60.4 Å². The molecule has 1 aromatic heterocycles. The minimum Gasteiger partial charge on any atom is -0.497 e. The van der Waals surface area contributed by atoms with Crippen LogP contribution in [0.4, 0.5) is 0 Å². The van der Waals surface area contributed by atoms with Crippen molar-refractivity contribution >= 4 is 5.91 Å². The van der Waals surface area contributed by atoms with Gasteiger partial charge >= 0.3 is 0 Å². The van der Waals surface area contributed by atoms with Crippen LogP contribution in [-0.4, -0.2) is 47.8 Å². The minimum atomic E-state index is 0.0666. The molecular formula is C25H29N3O4. The number of benzene rings is 2. The van der Waals surface area contributed by atoms with Gasteiger partial charge in [-0.2, -0.15) is 4.98 Å². The lowest BCUT2D eigenvalue weighted by Crippen LogP contribution is -2.40. The molecule has 0 saturated carbocycles. The third-order valence-electron chi connectivity index (χ3n) is 5.68. The minimum absolute atomic E-state index is 0.0666. The Morgan fingerprint density at radius 2 is 2.03 bits per heavy atom. The number of carbonyl (C=O) groups excluding carboxylic acids is 1. The van der Waals surface area contributed by atoms with Crippen LogP contribution in [0, 0.1) is 6.92 Å². The van der Waals surface area contributed by atoms with Gasteiger partial charge in [0.1, 0.15) is 11.5 Å². The van der Waals surface area contributed by atoms with Crippen LogP contribution in [0.1, 0.15) is 41.6 Å². The third kappa shape index (κ3) is 5.66. The molecule has 168 valence electrons. The summed E-state index contributed by atoms with van der Waals surface area (Å²) in [5, 5.41) is 4.11. The monoisotopic (exact) mass is 435 g/mol. The molecule has 2 heterocycles. The van der Waals surface area contributed by atoms with E-state index in [0.717, 1.165) is 42.0 Å². The summed E-state index contributed by atoms with van der Waals surface area (Å²) in [4.78, 5) is 19.3. The maximum absolute atomic E-state index is 12.9. The number of piperidine rings is 1. The van der Waals surface area contributed by atoms with Crippen molar-refractivity contribution in [1.29, 1.82) is 0 Å². The topological polar surface area (TPSA) is 77.7 Å². The van der Waals surface area contributed by atoms with E-state index in [0.29, 0.717) is 37.7 Å². The summed E-state index contributed by atoms with van der Waals surface area (Å²) in [7, 11) is 1.63. The summed E-state index contributed by atoms with van der Waals surface area (Å²) < 4.78 is 16.6. The van der Waals surface area contributed by atoms with Crippen LogP contribution in [0.25, 0.3) is 0 Å². The number of carbonyl (C=O) groups is 1. The van der Waals surface area contributed by atoms with E-state index in [1.54, 1.807) is 7.11 Å². The summed E-state index contributed by atoms with van der Waals surface area (Å²) in [6.45, 7) is 3.88. The van der Waals surface area contributed by atoms with Gasteiger partial charge in [-0.15, -0.1) is 0 Å². The summed E-state index contributed by atoms with van der Waals surface area (Å²) >= 11 is 0. The van der Waals surface area contributed by atoms with E-state index in [9.17, 15) is 4.79 Å². The molecule has 1 unspecified atom stereocenters. The highest BCUT2D eigenvalue weighted by atomic mass is 16.5. The van der Waals surface area contributed by atoms with Crippen molar-refractivity contribution in [3.8, 4) is 11.5 Å². The van der Waals surface area contributed by atoms with Crippen molar-refractivity contribution in [3.63, 3.8) is 0 Å². The highest BCUT2D eigenvalue weighted by Gasteiger charge is 2.28. The first-order valence-corrected chi connectivity index (χ1v) is 11.0. The van der Waals surface area contributed by atoms with E-state index >= 15 is 0 Å². The fourth-order valence-electron chi connectivity index (χ4n) is 3.97. The molecule has 1 aliphatic heterocycles. The Kier molecular flexibility index (Phi) is 7.04. The second-order valence-electron chi connectivity index (χ2n) is 8.17. The lowest BCUT2D eigenvalue weighted by molar-refractivity contribution is -0.131. The molecule has 1 atom stereocenters. The van der Waals surface area contributed by atoms with Crippen LogP contribution < -0.4 is 9.47 Å². The summed E-state index contributed by atoms with van der Waals surface area (Å²) in [5.41, 5.74) is 2.11. The zero-order valence-electron chi connectivity index (χ0n) is 18.6. The Morgan fingerprint density at radius 3 is 2.88 bits per heavy atom. The first-order chi connectivity index (χ1) is 15.6. The second kappa shape index (κ2) is 10.3. The Labute approximate surface area is 188 Å². The number of methoxy groups -OCH3 is 1. The maximum Gasteiger partial charge on any atom is 0.231 e. The van der Waals surface area contributed by atoms with Gasteiger partial charge in [-0.05, 0) is 55.2 Å². The molecule has 0 aliphatic carbocycles. The van der Waals surface area contributed by atoms with E-state index in [-0.39, 0.29) is 11.8 Å². The molecule has 1 fully saturated rings. The molecule has 7 nitrogen and oxygen atoms in total. The molecule has 2 aromatic carbocycles. The van der Waals surface area contributed by atoms with Crippen LogP contribution in [-0.2, 0) is 17.6 Å². The zero-order valence-corrected chi connectivity index (χ0v) is 18.6. The Hall–Kier alpha value is -3.35. The number of likely N-dealkylation sites (tertiary alicyclic amines) is 1. The van der Waals surface area contributed by atoms with Crippen LogP contribution in [0.2, 0.25) is 0 Å². The molecule has 3 aromatic rings. The largest absolute Gasteiger partial charge is 0.497 e. The predicted octanol–water partition coefficient (Wildman–Crippen LogP) is 3.96. The van der Waals surface area contributed by atoms with Crippen LogP contribution in [0.15, 0.2) is 53.1 Å². The number of amides is 1. The molecule has 1 amide bonds. The van der Waals surface area contributed by atoms with E-state index < -0.39 is 0 Å². The third-order valence-corrected chi connectivity index (χ3v) is 5.68. The standard InChI is InChI=1S/C25H29N3O4/c1-18-6-3-10-22(14-18)31-13-11-23-26-25(32-27-23)20-8-5-12-28(17-20)24(29)16-19-7-4-9-21(15-19)30-2/h3-4,6-7,9-10,14-15,20H,5,8,11-13,16-17H2,1-2H3. The Morgan fingerprint density at radius 1 is 1.19 bits per heavy atom. The van der Waals surface area contributed by atoms with Crippen LogP contribution in [0.5, 0.6) is 11.5 Å². The second-order valence-corrected chi connectivity index (χ2v) is 8.17. The van der Waals surface area contributed by atoms with Crippen LogP contribution in [0.3, 0.4) is 0 Å². The SMILES string of the molecule is COc1cccc(CC(=O)N2CCCC(c3nc(CCOc4cccc(C)c4)no3)C2)c1. The van der Waals surface area contributed by atoms with Crippen LogP contribution >= 0.6 is 0 Å². The number of rotatable bonds is 8. The van der Waals surface area contributed by atoms with E-state index in [1.165, 1.54) is 0 Å². The zero-order chi connectivity index (χ0) is 22.3. The summed E-state index contributed by atoms with van der Waals surface area (Å²) in [6.07, 6.45) is 2.78. The molecule has 0 bridgehead atoms. The normalized spacial score (nSPS) is 16.1. The summed E-state index contributed by atoms with van der Waals surface area (Å²) in [5.74, 6) is 3.01. The fraction of sp³-hybridized carbons (Fsp3) is 0.400. The van der Waals surface area contributed by atoms with Crippen molar-refractivity contribution in [2.24, 2.45) is 0 Å². The maximum atomic E-state index is 12.9. The van der Waals surface area contributed by atoms with Crippen molar-refractivity contribution in [1.82, 2.24) is 15.0 Å². The number of aromatic nitrogens is 2. The number of nitrogens with zero attached hydrogens (tertiary/aromatic N) is 3. The smallest absolute Gasteiger partial charge is 0.231 e. The highest BCUT2D eigenvalue weighted by Crippen LogP contribution is 2.26. The molecule has 1 saturated heterocycles. The lowest BCUT2D eigenvalue weighted by Gasteiger charge is -2.31. The first-order valence-electron chi connectivity index (χ1n) is 11.0. The molecule has 7 heteroatoms. The molecule has 4 rings (SSSR count). The van der Waals surface area contributed by atoms with E-state index in [2.05, 4.69) is 10.1 Å². The molecule has 32 heavy (non-hydrogen) atoms. The summed E-state index contributed by atoms with van der Waals surface area (Å²) in [6, 6.07) is 15.6. The predicted molar refractivity (Wildman–Crippen MR) is 120 cm³/mol. The quantitative estimate of drug-likeness (QED) is 0.533. The molecular weight excluding hydrogens is 406 g/mol. The van der Waals surface area contributed by atoms with Gasteiger partial charge < -0.3 is 18.9 Å². The van der Waals surface area contributed by atoms with Gasteiger partial charge in [0.25, 0.3) is 0 Å². The molecule has 1 aliphatic rings. The van der Waals surface area contributed by atoms with Crippen molar-refractivity contribution in [2.75, 3.05) is 26.8 Å². The van der Waals surface area contributed by atoms with Gasteiger partial charge in [-0.1, -0.05) is 29.4 Å². The van der Waals surface area contributed by atoms with E-state index in [4.69, 9.17) is 14.0 Å². The first kappa shape index (κ1) is 21.9. The lowest BCUT2D eigenvalue weighted by atomic mass is 9.97. The number of hydrogen-bond donors (Lipinski definition) is 0. The van der Waals surface area contributed by atoms with Gasteiger partial charge in [0.05, 0.1) is 26.1 Å². The van der Waals surface area contributed by atoms with Gasteiger partial charge in [-0.3, -0.25) is 4.79 Å². The Bertz CT molecular complexity index is 1050. The average molecular weight is 436 g/mol. The van der Waals surface area contributed by atoms with Gasteiger partial charge in [0.15, 0.2) is 5.82 Å². The average Bonchev–Trinajstić information content (AvgIpc) is 3.28. The fourth-order valence-corrected chi connectivity index (χ4v) is 3.97. The number of aryl methyl sites for hydroxylation is 1. The van der Waals surface area contributed by atoms with Crippen molar-refractivity contribution in [3.05, 3.63) is 71.4 Å². The van der Waals surface area contributed by atoms with Gasteiger partial charge in [0.2, 0.25) is 11.8 Å². The highest BCUT2D eigenvalue weighted by molar-refractivity contribution is 5.79. The molecule has 0 N–H and O–H groups in total. The van der Waals surface area contributed by atoms with Gasteiger partial charge in [0, 0.05) is 19.5 Å². The number of ether oxygens (including phenoxy) is 2. The van der Waals surface area contributed by atoms with Crippen molar-refractivity contribution in [2.45, 2.75) is 38.5 Å². The molecule has 0 radical (unpaired) electrons. The number of hydrogen-bond acceptors (Lipinski definition) is 6.